The van der Waals surface area contributed by atoms with Crippen LogP contribution in [0.5, 0.6) is 0 Å². The summed E-state index contributed by atoms with van der Waals surface area (Å²) in [7, 11) is 4.32. The molecule has 0 saturated heterocycles. The molecule has 8 nitrogen and oxygen atoms in total. The van der Waals surface area contributed by atoms with Crippen molar-refractivity contribution in [1.29, 1.82) is 0 Å². The van der Waals surface area contributed by atoms with E-state index < -0.39 is 17.2 Å². The summed E-state index contributed by atoms with van der Waals surface area (Å²) in [6.45, 7) is 0.0455. The number of esters is 1. The molecule has 0 bridgehead atoms. The molecule has 2 aromatic heterocycles. The van der Waals surface area contributed by atoms with Gasteiger partial charge in [0.2, 0.25) is 0 Å². The van der Waals surface area contributed by atoms with Crippen LogP contribution in [-0.4, -0.2) is 31.8 Å². The lowest BCUT2D eigenvalue weighted by Crippen LogP contribution is -2.38. The Labute approximate surface area is 183 Å². The summed E-state index contributed by atoms with van der Waals surface area (Å²) in [6, 6.07) is 13.8. The highest BCUT2D eigenvalue weighted by Crippen LogP contribution is 2.17. The van der Waals surface area contributed by atoms with Gasteiger partial charge in [-0.2, -0.15) is 0 Å². The first-order valence-corrected chi connectivity index (χ1v) is 9.81. The third kappa shape index (κ3) is 3.61. The minimum absolute atomic E-state index is 0.0455. The van der Waals surface area contributed by atoms with Crippen molar-refractivity contribution in [1.82, 2.24) is 18.7 Å². The van der Waals surface area contributed by atoms with E-state index in [1.807, 2.05) is 42.5 Å². The third-order valence-corrected chi connectivity index (χ3v) is 5.21. The number of carbonyl (C=O) groups is 1. The molecule has 0 fully saturated rings. The Balaban J connectivity index is 1.82. The van der Waals surface area contributed by atoms with Gasteiger partial charge in [-0.3, -0.25) is 13.9 Å². The Morgan fingerprint density at radius 3 is 2.62 bits per heavy atom. The zero-order valence-corrected chi connectivity index (χ0v) is 17.8. The Morgan fingerprint density at radius 1 is 1.09 bits per heavy atom. The first-order valence-electron chi connectivity index (χ1n) is 9.81. The SMILES string of the molecule is COC(=O)/C=C/c1nc2c(c(=O)n(C)c(=O)n2CC#Cc2cccc3ccccc23)n1C. The fourth-order valence-electron chi connectivity index (χ4n) is 3.50. The van der Waals surface area contributed by atoms with Gasteiger partial charge in [0.15, 0.2) is 11.2 Å². The van der Waals surface area contributed by atoms with Gasteiger partial charge < -0.3 is 9.30 Å². The molecule has 4 aromatic rings. The van der Waals surface area contributed by atoms with Crippen LogP contribution in [0.2, 0.25) is 0 Å². The smallest absolute Gasteiger partial charge is 0.333 e. The molecule has 0 spiro atoms. The summed E-state index contributed by atoms with van der Waals surface area (Å²) in [4.78, 5) is 41.4. The molecule has 0 aliphatic carbocycles. The lowest BCUT2D eigenvalue weighted by Gasteiger charge is -2.06. The number of carbonyl (C=O) groups excluding carboxylic acids is 1. The minimum atomic E-state index is -0.552. The molecule has 0 radical (unpaired) electrons. The van der Waals surface area contributed by atoms with E-state index in [1.54, 1.807) is 7.05 Å². The van der Waals surface area contributed by atoms with Crippen molar-refractivity contribution in [3.05, 3.63) is 80.8 Å². The number of fused-ring (bicyclic) bond motifs is 2. The largest absolute Gasteiger partial charge is 0.466 e. The average Bonchev–Trinajstić information content (AvgIpc) is 3.14. The minimum Gasteiger partial charge on any atom is -0.466 e. The van der Waals surface area contributed by atoms with Gasteiger partial charge >= 0.3 is 11.7 Å². The summed E-state index contributed by atoms with van der Waals surface area (Å²) in [6.07, 6.45) is 2.64. The molecule has 0 aliphatic heterocycles. The Bertz CT molecular complexity index is 1570. The molecule has 0 unspecified atom stereocenters. The maximum absolute atomic E-state index is 12.8. The van der Waals surface area contributed by atoms with Crippen LogP contribution in [-0.2, 0) is 30.2 Å². The second-order valence-electron chi connectivity index (χ2n) is 7.12. The van der Waals surface area contributed by atoms with E-state index in [1.165, 1.54) is 35.4 Å². The van der Waals surface area contributed by atoms with E-state index in [0.717, 1.165) is 20.9 Å². The van der Waals surface area contributed by atoms with Crippen molar-refractivity contribution >= 4 is 34.0 Å². The van der Waals surface area contributed by atoms with Gasteiger partial charge in [0.1, 0.15) is 5.82 Å². The summed E-state index contributed by atoms with van der Waals surface area (Å²) in [5.41, 5.74) is 0.299. The summed E-state index contributed by atoms with van der Waals surface area (Å²) >= 11 is 0. The van der Waals surface area contributed by atoms with E-state index in [2.05, 4.69) is 21.6 Å². The van der Waals surface area contributed by atoms with Crippen LogP contribution in [0, 0.1) is 11.8 Å². The lowest BCUT2D eigenvalue weighted by atomic mass is 10.1. The van der Waals surface area contributed by atoms with Crippen LogP contribution < -0.4 is 11.2 Å². The third-order valence-electron chi connectivity index (χ3n) is 5.21. The second kappa shape index (κ2) is 8.40. The molecule has 32 heavy (non-hydrogen) atoms. The number of hydrogen-bond donors (Lipinski definition) is 0. The van der Waals surface area contributed by atoms with E-state index >= 15 is 0 Å². The van der Waals surface area contributed by atoms with Gasteiger partial charge in [0.05, 0.1) is 13.7 Å². The van der Waals surface area contributed by atoms with Crippen molar-refractivity contribution in [2.75, 3.05) is 7.11 Å². The van der Waals surface area contributed by atoms with Crippen molar-refractivity contribution in [2.45, 2.75) is 6.54 Å². The molecule has 8 heteroatoms. The number of aromatic nitrogens is 4. The molecule has 0 amide bonds. The quantitative estimate of drug-likeness (QED) is 0.282. The zero-order chi connectivity index (χ0) is 22.8. The summed E-state index contributed by atoms with van der Waals surface area (Å²) < 4.78 is 8.50. The van der Waals surface area contributed by atoms with Crippen molar-refractivity contribution in [3.63, 3.8) is 0 Å². The maximum atomic E-state index is 12.8. The molecule has 0 saturated carbocycles. The molecule has 4 rings (SSSR count). The molecular weight excluding hydrogens is 408 g/mol. The normalized spacial score (nSPS) is 11.1. The molecule has 160 valence electrons. The lowest BCUT2D eigenvalue weighted by molar-refractivity contribution is -0.134. The van der Waals surface area contributed by atoms with Crippen molar-refractivity contribution < 1.29 is 9.53 Å². The highest BCUT2D eigenvalue weighted by atomic mass is 16.5. The van der Waals surface area contributed by atoms with Crippen molar-refractivity contribution in [2.24, 2.45) is 14.1 Å². The van der Waals surface area contributed by atoms with Gasteiger partial charge in [-0.05, 0) is 22.9 Å². The van der Waals surface area contributed by atoms with E-state index in [4.69, 9.17) is 0 Å². The first kappa shape index (κ1) is 20.9. The Morgan fingerprint density at radius 2 is 1.84 bits per heavy atom. The number of rotatable bonds is 3. The number of aryl methyl sites for hydroxylation is 1. The highest BCUT2D eigenvalue weighted by Gasteiger charge is 2.17. The Kier molecular flexibility index (Phi) is 5.48. The van der Waals surface area contributed by atoms with Crippen LogP contribution in [0.3, 0.4) is 0 Å². The summed E-state index contributed by atoms with van der Waals surface area (Å²) in [5, 5.41) is 2.10. The monoisotopic (exact) mass is 428 g/mol. The van der Waals surface area contributed by atoms with Crippen molar-refractivity contribution in [3.8, 4) is 11.8 Å². The van der Waals surface area contributed by atoms with Crippen LogP contribution in [0.4, 0.5) is 0 Å². The van der Waals surface area contributed by atoms with E-state index in [0.29, 0.717) is 5.82 Å². The molecule has 0 N–H and O–H groups in total. The number of nitrogens with zero attached hydrogens (tertiary/aromatic N) is 4. The predicted molar refractivity (Wildman–Crippen MR) is 122 cm³/mol. The van der Waals surface area contributed by atoms with Gasteiger partial charge in [0, 0.05) is 25.7 Å². The van der Waals surface area contributed by atoms with Crippen LogP contribution in [0.1, 0.15) is 11.4 Å². The van der Waals surface area contributed by atoms with Crippen LogP contribution >= 0.6 is 0 Å². The number of benzene rings is 2. The summed E-state index contributed by atoms with van der Waals surface area (Å²) in [5.74, 6) is 5.94. The molecule has 0 aliphatic rings. The van der Waals surface area contributed by atoms with E-state index in [9.17, 15) is 14.4 Å². The number of methoxy groups -OCH3 is 1. The standard InChI is InChI=1S/C24H20N4O4/c1-26-19(13-14-20(29)32-3)25-22-21(26)23(30)27(2)24(31)28(22)15-7-11-17-10-6-9-16-8-4-5-12-18(16)17/h4-6,8-10,12-14H,15H2,1-3H3/b14-13+. The van der Waals surface area contributed by atoms with Gasteiger partial charge in [-0.25, -0.2) is 14.6 Å². The topological polar surface area (TPSA) is 88.1 Å². The van der Waals surface area contributed by atoms with E-state index in [-0.39, 0.29) is 17.7 Å². The van der Waals surface area contributed by atoms with Gasteiger partial charge in [0.25, 0.3) is 5.56 Å². The first-order chi connectivity index (χ1) is 15.4. The van der Waals surface area contributed by atoms with Crippen LogP contribution in [0.15, 0.2) is 58.1 Å². The fraction of sp³-hybridized carbons (Fsp3) is 0.167. The van der Waals surface area contributed by atoms with Gasteiger partial charge in [-0.15, -0.1) is 0 Å². The highest BCUT2D eigenvalue weighted by molar-refractivity contribution is 5.88. The molecule has 2 aromatic carbocycles. The second-order valence-corrected chi connectivity index (χ2v) is 7.12. The number of ether oxygens (including phenoxy) is 1. The molecule has 0 atom stereocenters. The average molecular weight is 428 g/mol. The number of hydrogen-bond acceptors (Lipinski definition) is 5. The zero-order valence-electron chi connectivity index (χ0n) is 17.8. The number of imidazole rings is 1. The van der Waals surface area contributed by atoms with Gasteiger partial charge in [-0.1, -0.05) is 48.2 Å². The Hall–Kier alpha value is -4.38. The molecular formula is C24H20N4O4. The van der Waals surface area contributed by atoms with Crippen LogP contribution in [0.25, 0.3) is 28.0 Å². The predicted octanol–water partition coefficient (Wildman–Crippen LogP) is 1.82. The maximum Gasteiger partial charge on any atom is 0.333 e. The fourth-order valence-corrected chi connectivity index (χ4v) is 3.50. The molecule has 2 heterocycles.